The highest BCUT2D eigenvalue weighted by atomic mass is 16.5. The highest BCUT2D eigenvalue weighted by Gasteiger charge is 2.35. The normalized spacial score (nSPS) is 15.8. The third-order valence-electron chi connectivity index (χ3n) is 5.65. The monoisotopic (exact) mass is 551 g/mol. The van der Waals surface area contributed by atoms with Crippen LogP contribution >= 0.6 is 0 Å². The Morgan fingerprint density at radius 2 is 1.88 bits per heavy atom. The van der Waals surface area contributed by atoms with Gasteiger partial charge in [-0.2, -0.15) is 0 Å². The van der Waals surface area contributed by atoms with Gasteiger partial charge in [0, 0.05) is 24.6 Å². The zero-order chi connectivity index (χ0) is 30.1. The molecule has 3 N–H and O–H groups in total. The molecule has 0 saturated heterocycles. The minimum absolute atomic E-state index is 0. The van der Waals surface area contributed by atoms with E-state index in [1.54, 1.807) is 24.3 Å². The van der Waals surface area contributed by atoms with E-state index >= 15 is 0 Å². The largest absolute Gasteiger partial charge is 0.493 e. The Bertz CT molecular complexity index is 1240. The smallest absolute Gasteiger partial charge is 0.331 e. The number of benzene rings is 1. The maximum absolute atomic E-state index is 12.6. The number of carboxylic acids is 1. The summed E-state index contributed by atoms with van der Waals surface area (Å²) in [4.78, 5) is 30.7. The average Bonchev–Trinajstić information content (AvgIpc) is 3.19. The van der Waals surface area contributed by atoms with Crippen LogP contribution in [0, 0.1) is 12.3 Å². The molecule has 0 radical (unpaired) electrons. The van der Waals surface area contributed by atoms with Crippen LogP contribution < -0.4 is 10.5 Å². The number of hydrogen-bond acceptors (Lipinski definition) is 6. The lowest BCUT2D eigenvalue weighted by Crippen LogP contribution is -2.42. The molecule has 0 spiro atoms. The van der Waals surface area contributed by atoms with Gasteiger partial charge in [-0.3, -0.25) is 4.79 Å². The summed E-state index contributed by atoms with van der Waals surface area (Å²) >= 11 is 0. The Morgan fingerprint density at radius 3 is 2.48 bits per heavy atom. The Balaban J connectivity index is 0.00000103. The molecule has 1 unspecified atom stereocenters. The predicted molar refractivity (Wildman–Crippen MR) is 159 cm³/mol. The molecular weight excluding hydrogens is 506 g/mol. The number of aromatic nitrogens is 1. The van der Waals surface area contributed by atoms with Crippen LogP contribution in [-0.2, 0) is 22.4 Å². The Morgan fingerprint density at radius 1 is 1.20 bits per heavy atom. The molecule has 0 saturated carbocycles. The first-order valence-electron chi connectivity index (χ1n) is 13.6. The average molecular weight is 552 g/mol. The second-order valence-corrected chi connectivity index (χ2v) is 12.0. The zero-order valence-electron chi connectivity index (χ0n) is 25.2. The minimum Gasteiger partial charge on any atom is -0.493 e. The van der Waals surface area contributed by atoms with Gasteiger partial charge in [0.1, 0.15) is 11.5 Å². The van der Waals surface area contributed by atoms with Crippen molar-refractivity contribution in [2.45, 2.75) is 79.8 Å². The van der Waals surface area contributed by atoms with Gasteiger partial charge in [-0.1, -0.05) is 51.1 Å². The van der Waals surface area contributed by atoms with Crippen LogP contribution in [0.25, 0.3) is 6.08 Å². The summed E-state index contributed by atoms with van der Waals surface area (Å²) in [6.07, 6.45) is 11.6. The Labute approximate surface area is 238 Å². The van der Waals surface area contributed by atoms with Gasteiger partial charge in [-0.05, 0) is 75.8 Å². The molecule has 1 aromatic heterocycles. The number of aliphatic carboxylic acids is 1. The van der Waals surface area contributed by atoms with Gasteiger partial charge in [-0.25, -0.2) is 9.78 Å². The van der Waals surface area contributed by atoms with Gasteiger partial charge < -0.3 is 24.9 Å². The van der Waals surface area contributed by atoms with Gasteiger partial charge in [-0.15, -0.1) is 0 Å². The number of rotatable bonds is 8. The quantitative estimate of drug-likeness (QED) is 0.303. The fourth-order valence-electron chi connectivity index (χ4n) is 3.87. The van der Waals surface area contributed by atoms with E-state index in [9.17, 15) is 14.7 Å². The van der Waals surface area contributed by atoms with Crippen LogP contribution in [0.5, 0.6) is 5.75 Å². The van der Waals surface area contributed by atoms with E-state index in [1.807, 2.05) is 52.8 Å². The number of nitrogens with zero attached hydrogens (tertiary/aromatic N) is 2. The summed E-state index contributed by atoms with van der Waals surface area (Å²) in [7, 11) is 0. The molecule has 3 rings (SSSR count). The first-order valence-corrected chi connectivity index (χ1v) is 13.6. The van der Waals surface area contributed by atoms with E-state index in [1.165, 1.54) is 11.0 Å². The zero-order valence-corrected chi connectivity index (χ0v) is 25.2. The third kappa shape index (κ3) is 10.8. The molecule has 8 nitrogen and oxygen atoms in total. The SMILES string of the molecule is CC(C)(C)N.CC=CC=CC(=O)N1CCc2ccc(OCCc3nc(/C=C/C(C)(C)C)oc3C)cc2C1C(=O)O. The van der Waals surface area contributed by atoms with Crippen LogP contribution in [0.2, 0.25) is 0 Å². The lowest BCUT2D eigenvalue weighted by molar-refractivity contribution is -0.149. The van der Waals surface area contributed by atoms with E-state index in [-0.39, 0.29) is 16.9 Å². The number of amides is 1. The highest BCUT2D eigenvalue weighted by molar-refractivity contribution is 5.92. The van der Waals surface area contributed by atoms with Gasteiger partial charge in [0.05, 0.1) is 12.3 Å². The number of allylic oxidation sites excluding steroid dienone is 4. The topological polar surface area (TPSA) is 119 Å². The lowest BCUT2D eigenvalue weighted by Gasteiger charge is -2.34. The maximum atomic E-state index is 12.6. The van der Waals surface area contributed by atoms with Gasteiger partial charge in [0.2, 0.25) is 11.8 Å². The van der Waals surface area contributed by atoms with Crippen molar-refractivity contribution < 1.29 is 23.8 Å². The summed E-state index contributed by atoms with van der Waals surface area (Å²) in [5.41, 5.74) is 7.71. The predicted octanol–water partition coefficient (Wildman–Crippen LogP) is 6.05. The van der Waals surface area contributed by atoms with Crippen molar-refractivity contribution in [2.24, 2.45) is 11.1 Å². The second kappa shape index (κ2) is 14.1. The van der Waals surface area contributed by atoms with Crippen molar-refractivity contribution in [3.8, 4) is 5.75 Å². The van der Waals surface area contributed by atoms with E-state index in [0.29, 0.717) is 43.2 Å². The number of hydrogen-bond donors (Lipinski definition) is 2. The van der Waals surface area contributed by atoms with Gasteiger partial charge in [0.15, 0.2) is 6.04 Å². The number of carbonyl (C=O) groups excluding carboxylic acids is 1. The van der Waals surface area contributed by atoms with Crippen LogP contribution in [0.15, 0.2) is 53.0 Å². The Hall–Kier alpha value is -3.65. The number of oxazole rings is 1. The summed E-state index contributed by atoms with van der Waals surface area (Å²) in [6, 6.07) is 4.40. The van der Waals surface area contributed by atoms with Crippen molar-refractivity contribution in [1.29, 1.82) is 0 Å². The maximum Gasteiger partial charge on any atom is 0.331 e. The Kier molecular flexibility index (Phi) is 11.5. The van der Waals surface area contributed by atoms with Crippen molar-refractivity contribution in [2.75, 3.05) is 13.2 Å². The molecule has 8 heteroatoms. The molecule has 0 aliphatic carbocycles. The van der Waals surface area contributed by atoms with Crippen molar-refractivity contribution in [3.63, 3.8) is 0 Å². The molecule has 1 aliphatic rings. The van der Waals surface area contributed by atoms with Crippen LogP contribution in [0.4, 0.5) is 0 Å². The molecule has 2 aromatic rings. The number of nitrogens with two attached hydrogens (primary N) is 1. The second-order valence-electron chi connectivity index (χ2n) is 12.0. The summed E-state index contributed by atoms with van der Waals surface area (Å²) in [6.45, 7) is 16.7. The molecule has 0 fully saturated rings. The summed E-state index contributed by atoms with van der Waals surface area (Å²) in [5, 5.41) is 9.92. The molecule has 0 bridgehead atoms. The standard InChI is InChI=1S/C28H34N2O5.C4H11N/c1-6-7-8-9-25(31)30-16-13-20-10-11-21(18-22(20)26(30)27(32)33)34-17-14-23-19(2)35-24(29-23)12-15-28(3,4)5;1-4(2,3)5/h6-12,15,18,26H,13-14,16-17H2,1-5H3,(H,32,33);5H2,1-3H3/b7-6?,9-8?,15-12+;. The first-order chi connectivity index (χ1) is 18.6. The lowest BCUT2D eigenvalue weighted by atomic mass is 9.92. The third-order valence-corrected chi connectivity index (χ3v) is 5.65. The number of aryl methyl sites for hydroxylation is 1. The molecule has 218 valence electrons. The molecular formula is C32H45N3O5. The molecule has 40 heavy (non-hydrogen) atoms. The van der Waals surface area contributed by atoms with Gasteiger partial charge >= 0.3 is 5.97 Å². The number of carbonyl (C=O) groups is 2. The minimum atomic E-state index is -1.06. The fraction of sp³-hybridized carbons (Fsp3) is 0.469. The van der Waals surface area contributed by atoms with E-state index in [4.69, 9.17) is 14.9 Å². The molecule has 1 aromatic carbocycles. The van der Waals surface area contributed by atoms with Crippen molar-refractivity contribution in [1.82, 2.24) is 9.88 Å². The van der Waals surface area contributed by atoms with E-state index in [0.717, 1.165) is 17.0 Å². The van der Waals surface area contributed by atoms with Crippen molar-refractivity contribution in [3.05, 3.63) is 77.1 Å². The fourth-order valence-corrected chi connectivity index (χ4v) is 3.87. The van der Waals surface area contributed by atoms with Gasteiger partial charge in [0.25, 0.3) is 0 Å². The van der Waals surface area contributed by atoms with Crippen LogP contribution in [0.1, 0.15) is 83.0 Å². The number of carboxylic acid groups (broad SMARTS) is 1. The van der Waals surface area contributed by atoms with Crippen LogP contribution in [0.3, 0.4) is 0 Å². The molecule has 1 amide bonds. The summed E-state index contributed by atoms with van der Waals surface area (Å²) in [5.74, 6) is 0.482. The molecule has 1 aliphatic heterocycles. The highest BCUT2D eigenvalue weighted by Crippen LogP contribution is 2.33. The number of fused-ring (bicyclic) bond motifs is 1. The van der Waals surface area contributed by atoms with E-state index < -0.39 is 12.0 Å². The van der Waals surface area contributed by atoms with Crippen LogP contribution in [-0.4, -0.2) is 45.6 Å². The molecule has 1 atom stereocenters. The number of ether oxygens (including phenoxy) is 1. The van der Waals surface area contributed by atoms with E-state index in [2.05, 4.69) is 31.8 Å². The summed E-state index contributed by atoms with van der Waals surface area (Å²) < 4.78 is 11.7. The molecule has 2 heterocycles. The first kappa shape index (κ1) is 32.6. The van der Waals surface area contributed by atoms with Crippen molar-refractivity contribution >= 4 is 18.0 Å².